The lowest BCUT2D eigenvalue weighted by atomic mass is 9.97. The molecule has 0 unspecified atom stereocenters. The van der Waals surface area contributed by atoms with E-state index in [9.17, 15) is 28.2 Å². The molecule has 1 aromatic carbocycles. The van der Waals surface area contributed by atoms with Crippen LogP contribution in [-0.2, 0) is 15.0 Å². The second kappa shape index (κ2) is 11.5. The largest absolute Gasteiger partial charge is 0.505 e. The maximum atomic E-state index is 13.1. The summed E-state index contributed by atoms with van der Waals surface area (Å²) in [5.41, 5.74) is -0.0571. The van der Waals surface area contributed by atoms with E-state index in [0.717, 1.165) is 0 Å². The first-order chi connectivity index (χ1) is 17.4. The van der Waals surface area contributed by atoms with Crippen LogP contribution < -0.4 is 15.8 Å². The number of furan rings is 1. The Balaban J connectivity index is 1.87. The number of aromatic hydroxyl groups is 1. The third-order valence-corrected chi connectivity index (χ3v) is 6.38. The summed E-state index contributed by atoms with van der Waals surface area (Å²) in [7, 11) is -4.37. The molecule has 200 valence electrons. The van der Waals surface area contributed by atoms with Crippen molar-refractivity contribution in [1.82, 2.24) is 10.2 Å². The Morgan fingerprint density at radius 1 is 1.32 bits per heavy atom. The number of para-hydroxylation sites is 1. The molecule has 0 spiro atoms. The molecule has 1 amide bonds. The molecule has 1 fully saturated rings. The number of likely N-dealkylation sites (tertiary alicyclic amines) is 1. The Kier molecular flexibility index (Phi) is 8.61. The Labute approximate surface area is 215 Å². The normalized spacial score (nSPS) is 17.2. The van der Waals surface area contributed by atoms with Crippen LogP contribution in [-0.4, -0.2) is 54.3 Å². The summed E-state index contributed by atoms with van der Waals surface area (Å²) < 4.78 is 32.8. The van der Waals surface area contributed by atoms with Crippen LogP contribution in [0.25, 0.3) is 0 Å². The highest BCUT2D eigenvalue weighted by Gasteiger charge is 2.30. The molecule has 2 aromatic rings. The summed E-state index contributed by atoms with van der Waals surface area (Å²) in [6.45, 7) is 7.92. The SMILES string of the molecule is C=C(N[C@H](CC)c1ccc(C)o1)/C(=N\S(N)(=O)=O)Nc1cccc(C(=O)N2CCC[C@@H](C(=O)O)C2)c1O. The van der Waals surface area contributed by atoms with Crippen molar-refractivity contribution in [1.29, 1.82) is 0 Å². The fourth-order valence-electron chi connectivity index (χ4n) is 4.05. The van der Waals surface area contributed by atoms with Crippen molar-refractivity contribution in [3.63, 3.8) is 0 Å². The predicted molar refractivity (Wildman–Crippen MR) is 137 cm³/mol. The van der Waals surface area contributed by atoms with Gasteiger partial charge in [-0.1, -0.05) is 19.6 Å². The van der Waals surface area contributed by atoms with E-state index >= 15 is 0 Å². The zero-order chi connectivity index (χ0) is 27.3. The highest BCUT2D eigenvalue weighted by atomic mass is 32.2. The monoisotopic (exact) mass is 533 g/mol. The zero-order valence-corrected chi connectivity index (χ0v) is 21.4. The number of amides is 1. The lowest BCUT2D eigenvalue weighted by Gasteiger charge is -2.31. The smallest absolute Gasteiger partial charge is 0.319 e. The Hall–Kier alpha value is -3.84. The van der Waals surface area contributed by atoms with E-state index in [4.69, 9.17) is 9.56 Å². The van der Waals surface area contributed by atoms with Gasteiger partial charge < -0.3 is 30.2 Å². The van der Waals surface area contributed by atoms with Crippen molar-refractivity contribution >= 4 is 33.6 Å². The number of carbonyl (C=O) groups is 2. The van der Waals surface area contributed by atoms with Gasteiger partial charge in [0.15, 0.2) is 11.6 Å². The molecule has 2 atom stereocenters. The molecule has 0 radical (unpaired) electrons. The number of anilines is 1. The minimum Gasteiger partial charge on any atom is -0.505 e. The highest BCUT2D eigenvalue weighted by Crippen LogP contribution is 2.30. The lowest BCUT2D eigenvalue weighted by molar-refractivity contribution is -0.143. The topological polar surface area (TPSA) is 188 Å². The van der Waals surface area contributed by atoms with E-state index < -0.39 is 33.8 Å². The number of nitrogens with zero attached hydrogens (tertiary/aromatic N) is 2. The first-order valence-electron chi connectivity index (χ1n) is 11.7. The number of benzene rings is 1. The third kappa shape index (κ3) is 7.11. The number of aliphatic carboxylic acids is 1. The maximum Gasteiger partial charge on any atom is 0.319 e. The van der Waals surface area contributed by atoms with Gasteiger partial charge in [-0.3, -0.25) is 9.59 Å². The number of nitrogens with two attached hydrogens (primary N) is 1. The Morgan fingerprint density at radius 3 is 2.65 bits per heavy atom. The van der Waals surface area contributed by atoms with Crippen molar-refractivity contribution in [2.75, 3.05) is 18.4 Å². The van der Waals surface area contributed by atoms with Crippen LogP contribution >= 0.6 is 0 Å². The van der Waals surface area contributed by atoms with Crippen molar-refractivity contribution < 1.29 is 32.6 Å². The molecule has 13 heteroatoms. The molecule has 1 aliphatic rings. The number of carbonyl (C=O) groups excluding carboxylic acids is 1. The molecular formula is C24H31N5O7S. The standard InChI is InChI=1S/C24H31N5O7S/c1-4-18(20-11-10-14(2)36-20)26-15(3)22(28-37(25,34)35)27-19-9-5-8-17(21(19)30)23(31)29-12-6-7-16(13-29)24(32)33/h5,8-11,16,18,26,30H,3-4,6-7,12-13H2,1-2H3,(H,27,28)(H,32,33)(H2,25,34,35)/t16-,18-/m1/s1. The van der Waals surface area contributed by atoms with Gasteiger partial charge in [0.25, 0.3) is 5.91 Å². The highest BCUT2D eigenvalue weighted by molar-refractivity contribution is 7.88. The van der Waals surface area contributed by atoms with Crippen molar-refractivity contribution in [2.45, 2.75) is 39.2 Å². The van der Waals surface area contributed by atoms with Crippen LogP contribution in [0.4, 0.5) is 5.69 Å². The van der Waals surface area contributed by atoms with Gasteiger partial charge in [0, 0.05) is 13.1 Å². The van der Waals surface area contributed by atoms with Gasteiger partial charge >= 0.3 is 16.2 Å². The summed E-state index contributed by atoms with van der Waals surface area (Å²) in [4.78, 5) is 25.8. The van der Waals surface area contributed by atoms with Gasteiger partial charge in [0.2, 0.25) is 0 Å². The predicted octanol–water partition coefficient (Wildman–Crippen LogP) is 2.50. The number of phenolic OH excluding ortho intramolecular Hbond substituents is 1. The molecular weight excluding hydrogens is 502 g/mol. The van der Waals surface area contributed by atoms with Crippen LogP contribution in [0.15, 0.2) is 51.4 Å². The van der Waals surface area contributed by atoms with Crippen molar-refractivity contribution in [3.05, 3.63) is 59.7 Å². The summed E-state index contributed by atoms with van der Waals surface area (Å²) >= 11 is 0. The number of piperidine rings is 1. The number of phenols is 1. The average Bonchev–Trinajstić information content (AvgIpc) is 3.28. The molecule has 0 saturated carbocycles. The fraction of sp³-hybridized carbons (Fsp3) is 0.375. The van der Waals surface area contributed by atoms with Crippen LogP contribution in [0.2, 0.25) is 0 Å². The van der Waals surface area contributed by atoms with Gasteiger partial charge in [0.1, 0.15) is 11.5 Å². The minimum atomic E-state index is -4.37. The molecule has 12 nitrogen and oxygen atoms in total. The number of aryl methyl sites for hydroxylation is 1. The number of amidine groups is 1. The first-order valence-corrected chi connectivity index (χ1v) is 13.2. The second-order valence-corrected chi connectivity index (χ2v) is 9.95. The number of rotatable bonds is 9. The Bertz CT molecular complexity index is 1320. The van der Waals surface area contributed by atoms with Crippen LogP contribution in [0.1, 0.15) is 54.1 Å². The van der Waals surface area contributed by atoms with Crippen LogP contribution in [0, 0.1) is 12.8 Å². The van der Waals surface area contributed by atoms with E-state index in [2.05, 4.69) is 21.6 Å². The number of carboxylic acid groups (broad SMARTS) is 1. The summed E-state index contributed by atoms with van der Waals surface area (Å²) in [5, 5.41) is 31.1. The Morgan fingerprint density at radius 2 is 2.05 bits per heavy atom. The van der Waals surface area contributed by atoms with Gasteiger partial charge in [-0.25, -0.2) is 5.14 Å². The lowest BCUT2D eigenvalue weighted by Crippen LogP contribution is -2.42. The number of hydrogen-bond donors (Lipinski definition) is 5. The summed E-state index contributed by atoms with van der Waals surface area (Å²) in [6, 6.07) is 7.51. The van der Waals surface area contributed by atoms with Gasteiger partial charge in [-0.2, -0.15) is 8.42 Å². The van der Waals surface area contributed by atoms with E-state index in [1.807, 2.05) is 6.92 Å². The van der Waals surface area contributed by atoms with E-state index in [0.29, 0.717) is 37.3 Å². The maximum absolute atomic E-state index is 13.1. The molecule has 37 heavy (non-hydrogen) atoms. The van der Waals surface area contributed by atoms with Gasteiger partial charge in [-0.15, -0.1) is 4.40 Å². The molecule has 0 aliphatic carbocycles. The summed E-state index contributed by atoms with van der Waals surface area (Å²) in [5.74, 6) is -1.68. The third-order valence-electron chi connectivity index (χ3n) is 5.94. The average molecular weight is 534 g/mol. The molecule has 6 N–H and O–H groups in total. The second-order valence-electron chi connectivity index (χ2n) is 8.74. The fourth-order valence-corrected chi connectivity index (χ4v) is 4.46. The van der Waals surface area contributed by atoms with Crippen LogP contribution in [0.3, 0.4) is 0 Å². The van der Waals surface area contributed by atoms with Gasteiger partial charge in [0.05, 0.1) is 28.9 Å². The van der Waals surface area contributed by atoms with Crippen molar-refractivity contribution in [3.8, 4) is 5.75 Å². The first kappa shape index (κ1) is 27.7. The minimum absolute atomic E-state index is 0.0226. The molecule has 0 bridgehead atoms. The molecule has 1 saturated heterocycles. The molecule has 3 rings (SSSR count). The molecule has 1 aromatic heterocycles. The van der Waals surface area contributed by atoms with Crippen LogP contribution in [0.5, 0.6) is 5.75 Å². The van der Waals surface area contributed by atoms with E-state index in [-0.39, 0.29) is 35.4 Å². The molecule has 1 aliphatic heterocycles. The van der Waals surface area contributed by atoms with Crippen molar-refractivity contribution in [2.24, 2.45) is 15.5 Å². The summed E-state index contributed by atoms with van der Waals surface area (Å²) in [6.07, 6.45) is 1.55. The van der Waals surface area contributed by atoms with E-state index in [1.165, 1.54) is 23.1 Å². The van der Waals surface area contributed by atoms with Gasteiger partial charge in [-0.05, 0) is 50.5 Å². The number of carboxylic acids is 1. The van der Waals surface area contributed by atoms with E-state index in [1.54, 1.807) is 19.1 Å². The zero-order valence-electron chi connectivity index (χ0n) is 20.6. The number of nitrogens with one attached hydrogen (secondary N) is 2. The number of hydrogen-bond acceptors (Lipinski definition) is 7. The quantitative estimate of drug-likeness (QED) is 0.183. The molecule has 2 heterocycles.